The van der Waals surface area contributed by atoms with Crippen molar-refractivity contribution in [3.8, 4) is 0 Å². The summed E-state index contributed by atoms with van der Waals surface area (Å²) in [6.45, 7) is 5.54. The first kappa shape index (κ1) is 44.3. The fourth-order valence-electron chi connectivity index (χ4n) is 7.14. The summed E-state index contributed by atoms with van der Waals surface area (Å²) < 4.78 is 16.1. The van der Waals surface area contributed by atoms with Crippen molar-refractivity contribution in [1.29, 1.82) is 0 Å². The van der Waals surface area contributed by atoms with Crippen LogP contribution in [-0.2, 0) is 39.0 Å². The molecule has 324 valence electrons. The van der Waals surface area contributed by atoms with Crippen LogP contribution in [0, 0.1) is 5.92 Å². The highest BCUT2D eigenvalue weighted by Crippen LogP contribution is 2.43. The summed E-state index contributed by atoms with van der Waals surface area (Å²) >= 11 is 2.46. The van der Waals surface area contributed by atoms with Crippen LogP contribution in [0.2, 0.25) is 0 Å². The first-order chi connectivity index (χ1) is 30.6. The highest BCUT2D eigenvalue weighted by molar-refractivity contribution is 8.00. The fourth-order valence-corrected chi connectivity index (χ4v) is 9.01. The van der Waals surface area contributed by atoms with E-state index in [-0.39, 0.29) is 40.5 Å². The minimum atomic E-state index is -1.35. The number of ether oxygens (including phenoxy) is 3. The molecule has 2 aliphatic heterocycles. The van der Waals surface area contributed by atoms with Gasteiger partial charge in [0.2, 0.25) is 11.9 Å². The Kier molecular flexibility index (Phi) is 14.3. The van der Waals surface area contributed by atoms with Crippen molar-refractivity contribution >= 4 is 64.0 Å². The number of nitrogens with one attached hydrogen (secondary N) is 1. The molecule has 0 spiro atoms. The average molecular weight is 887 g/mol. The molecule has 0 bridgehead atoms. The maximum absolute atomic E-state index is 14.5. The van der Waals surface area contributed by atoms with Crippen LogP contribution in [0.5, 0.6) is 0 Å². The summed E-state index contributed by atoms with van der Waals surface area (Å²) in [6, 6.07) is 31.1. The van der Waals surface area contributed by atoms with Crippen LogP contribution >= 0.6 is 23.1 Å². The second-order valence-corrected chi connectivity index (χ2v) is 16.6. The largest absolute Gasteiger partial charge is 0.511 e. The molecule has 0 saturated carbocycles. The molecular formula is C47H46N6O8S2. The summed E-state index contributed by atoms with van der Waals surface area (Å²) in [5.74, 6) is -1.82. The monoisotopic (exact) mass is 886 g/mol. The van der Waals surface area contributed by atoms with Gasteiger partial charge in [-0.15, -0.1) is 23.1 Å². The SMILES string of the molecule is CCC(CC)COC(=O)OC(C)OC(=O)C1=C(/C=C\c2cccnc2)CS[C@@H]2[C@H](NC(=O)/C(=N/OC(c3ccccc3)(c3ccccc3)c3ccccc3)c3csc(N)n3)C(=O)N12. The molecule has 5 aromatic rings. The third kappa shape index (κ3) is 9.97. The Labute approximate surface area is 373 Å². The summed E-state index contributed by atoms with van der Waals surface area (Å²) in [5, 5.41) is 8.45. The number of carbonyl (C=O) groups is 4. The fraction of sp³-hybridized carbons (Fsp3) is 0.255. The summed E-state index contributed by atoms with van der Waals surface area (Å²) in [6.07, 6.45) is 6.08. The number of hydrogen-bond donors (Lipinski definition) is 2. The number of nitrogens with two attached hydrogens (primary N) is 1. The number of nitrogen functional groups attached to an aromatic ring is 1. The van der Waals surface area contributed by atoms with Crippen molar-refractivity contribution in [2.75, 3.05) is 18.1 Å². The van der Waals surface area contributed by atoms with Gasteiger partial charge in [0.1, 0.15) is 22.8 Å². The lowest BCUT2D eigenvalue weighted by Gasteiger charge is -2.49. The second kappa shape index (κ2) is 20.4. The molecule has 2 aliphatic rings. The van der Waals surface area contributed by atoms with Gasteiger partial charge in [-0.25, -0.2) is 14.6 Å². The molecule has 0 radical (unpaired) electrons. The molecule has 2 amide bonds. The lowest BCUT2D eigenvalue weighted by atomic mass is 9.80. The number of carbonyl (C=O) groups excluding carboxylic acids is 4. The molecule has 16 heteroatoms. The van der Waals surface area contributed by atoms with Crippen molar-refractivity contribution in [3.63, 3.8) is 0 Å². The lowest BCUT2D eigenvalue weighted by Crippen LogP contribution is -2.71. The minimum absolute atomic E-state index is 0.0573. The van der Waals surface area contributed by atoms with Crippen LogP contribution in [-0.4, -0.2) is 74.6 Å². The van der Waals surface area contributed by atoms with E-state index in [0.29, 0.717) is 5.57 Å². The van der Waals surface area contributed by atoms with E-state index < -0.39 is 47.2 Å². The molecule has 14 nitrogen and oxygen atoms in total. The quantitative estimate of drug-likeness (QED) is 0.0232. The number of allylic oxidation sites excluding steroid dienone is 1. The molecule has 3 N–H and O–H groups in total. The molecule has 1 saturated heterocycles. The Morgan fingerprint density at radius 2 is 1.56 bits per heavy atom. The molecule has 2 aromatic heterocycles. The second-order valence-electron chi connectivity index (χ2n) is 14.6. The van der Waals surface area contributed by atoms with Gasteiger partial charge >= 0.3 is 12.1 Å². The number of esters is 1. The number of benzene rings is 3. The van der Waals surface area contributed by atoms with E-state index in [1.807, 2.05) is 111 Å². The van der Waals surface area contributed by atoms with Crippen LogP contribution in [0.15, 0.2) is 143 Å². The standard InChI is InChI=1S/C47H46N6O8S2/c1-4-31(5-2)27-58-46(57)60-30(3)59-44(56)40-33(24-23-32-16-15-25-49-26-32)28-62-43-39(42(55)53(40)43)51-41(54)38(37-29-63-45(48)50-37)52-61-47(34-17-9-6-10-18-34,35-19-11-7-12-20-35)36-21-13-8-14-22-36/h6-26,29-31,39,43H,4-5,27-28H2,1-3H3,(H2,48,50)(H,51,54)/b24-23-,52-38+/t30?,39-,43-/m1/s1. The predicted molar refractivity (Wildman–Crippen MR) is 241 cm³/mol. The van der Waals surface area contributed by atoms with E-state index in [0.717, 1.165) is 46.4 Å². The van der Waals surface area contributed by atoms with Gasteiger partial charge in [0, 0.05) is 47.1 Å². The number of thiazole rings is 1. The Morgan fingerprint density at radius 1 is 0.921 bits per heavy atom. The first-order valence-electron chi connectivity index (χ1n) is 20.4. The zero-order chi connectivity index (χ0) is 44.3. The highest BCUT2D eigenvalue weighted by atomic mass is 32.2. The molecule has 7 rings (SSSR count). The number of nitrogens with zero attached hydrogens (tertiary/aromatic N) is 4. The van der Waals surface area contributed by atoms with Gasteiger partial charge in [0.05, 0.1) is 6.61 Å². The number of amides is 2. The van der Waals surface area contributed by atoms with E-state index in [4.69, 9.17) is 24.8 Å². The highest BCUT2D eigenvalue weighted by Gasteiger charge is 2.55. The number of hydrogen-bond acceptors (Lipinski definition) is 14. The molecular weight excluding hydrogens is 841 g/mol. The van der Waals surface area contributed by atoms with E-state index in [1.54, 1.807) is 36.0 Å². The normalized spacial score (nSPS) is 16.9. The first-order valence-corrected chi connectivity index (χ1v) is 22.3. The Balaban J connectivity index is 1.17. The Hall–Kier alpha value is -6.78. The van der Waals surface area contributed by atoms with Gasteiger partial charge in [0.25, 0.3) is 11.8 Å². The van der Waals surface area contributed by atoms with Crippen LogP contribution in [0.25, 0.3) is 6.08 Å². The molecule has 3 aromatic carbocycles. The van der Waals surface area contributed by atoms with E-state index in [2.05, 4.69) is 20.4 Å². The van der Waals surface area contributed by atoms with Crippen LogP contribution in [0.4, 0.5) is 9.93 Å². The number of β-lactam (4-membered cyclic amide) rings is 1. The third-order valence-corrected chi connectivity index (χ3v) is 12.5. The zero-order valence-corrected chi connectivity index (χ0v) is 36.4. The summed E-state index contributed by atoms with van der Waals surface area (Å²) in [4.78, 5) is 71.5. The van der Waals surface area contributed by atoms with Crippen molar-refractivity contribution in [3.05, 3.63) is 166 Å². The zero-order valence-electron chi connectivity index (χ0n) is 34.8. The molecule has 1 fully saturated rings. The number of oxime groups is 1. The number of anilines is 1. The van der Waals surface area contributed by atoms with Crippen molar-refractivity contribution in [1.82, 2.24) is 20.2 Å². The summed E-state index contributed by atoms with van der Waals surface area (Å²) in [5.41, 5.74) is 8.04. The number of fused-ring (bicyclic) bond motifs is 1. The molecule has 4 heterocycles. The smallest absolute Gasteiger partial charge is 0.434 e. The third-order valence-electron chi connectivity index (χ3n) is 10.6. The van der Waals surface area contributed by atoms with Gasteiger partial charge in [-0.2, -0.15) is 0 Å². The molecule has 3 atom stereocenters. The Bertz CT molecular complexity index is 2380. The molecule has 1 unspecified atom stereocenters. The minimum Gasteiger partial charge on any atom is -0.434 e. The van der Waals surface area contributed by atoms with Crippen molar-refractivity contribution in [2.45, 2.75) is 56.9 Å². The van der Waals surface area contributed by atoms with Gasteiger partial charge in [-0.05, 0) is 23.1 Å². The van der Waals surface area contributed by atoms with E-state index in [9.17, 15) is 19.2 Å². The van der Waals surface area contributed by atoms with Crippen LogP contribution < -0.4 is 11.1 Å². The molecule has 63 heavy (non-hydrogen) atoms. The number of aromatic nitrogens is 2. The lowest BCUT2D eigenvalue weighted by molar-refractivity contribution is -0.169. The van der Waals surface area contributed by atoms with Crippen molar-refractivity contribution in [2.24, 2.45) is 11.1 Å². The van der Waals surface area contributed by atoms with E-state index >= 15 is 0 Å². The molecule has 0 aliphatic carbocycles. The van der Waals surface area contributed by atoms with Gasteiger partial charge in [-0.3, -0.25) is 19.5 Å². The number of pyridine rings is 1. The van der Waals surface area contributed by atoms with Crippen molar-refractivity contribution < 1.29 is 38.2 Å². The van der Waals surface area contributed by atoms with E-state index in [1.165, 1.54) is 23.6 Å². The van der Waals surface area contributed by atoms with Gasteiger partial charge in [0.15, 0.2) is 10.8 Å². The summed E-state index contributed by atoms with van der Waals surface area (Å²) in [7, 11) is 0. The average Bonchev–Trinajstić information content (AvgIpc) is 3.75. The maximum Gasteiger partial charge on any atom is 0.511 e. The van der Waals surface area contributed by atoms with Crippen LogP contribution in [0.3, 0.4) is 0 Å². The van der Waals surface area contributed by atoms with Crippen LogP contribution in [0.1, 0.15) is 61.6 Å². The number of thioether (sulfide) groups is 1. The topological polar surface area (TPSA) is 185 Å². The Morgan fingerprint density at radius 3 is 2.11 bits per heavy atom. The van der Waals surface area contributed by atoms with Gasteiger partial charge < -0.3 is 30.1 Å². The number of rotatable bonds is 17. The predicted octanol–water partition coefficient (Wildman–Crippen LogP) is 7.68. The van der Waals surface area contributed by atoms with Gasteiger partial charge in [-0.1, -0.05) is 141 Å². The maximum atomic E-state index is 14.5.